The van der Waals surface area contributed by atoms with Crippen LogP contribution in [0.25, 0.3) is 0 Å². The Morgan fingerprint density at radius 3 is 2.70 bits per heavy atom. The van der Waals surface area contributed by atoms with Gasteiger partial charge in [-0.05, 0) is 26.5 Å². The van der Waals surface area contributed by atoms with Crippen molar-refractivity contribution in [1.82, 2.24) is 0 Å². The topological polar surface area (TPSA) is 26.0 Å². The van der Waals surface area contributed by atoms with Gasteiger partial charge >= 0.3 is 0 Å². The van der Waals surface area contributed by atoms with E-state index in [0.717, 1.165) is 6.42 Å². The van der Waals surface area contributed by atoms with Crippen molar-refractivity contribution >= 4 is 0 Å². The number of rotatable bonds is 3. The zero-order valence-electron chi connectivity index (χ0n) is 6.67. The summed E-state index contributed by atoms with van der Waals surface area (Å²) in [6, 6.07) is 0. The van der Waals surface area contributed by atoms with E-state index in [0.29, 0.717) is 0 Å². The van der Waals surface area contributed by atoms with Crippen LogP contribution in [0.1, 0.15) is 20.3 Å². The molecule has 0 rings (SSSR count). The molecule has 0 aromatic heterocycles. The van der Waals surface area contributed by atoms with Crippen molar-refractivity contribution in [3.8, 4) is 0 Å². The predicted octanol–water partition coefficient (Wildman–Crippen LogP) is 2.37. The van der Waals surface area contributed by atoms with E-state index >= 15 is 0 Å². The summed E-state index contributed by atoms with van der Waals surface area (Å²) in [4.78, 5) is 0. The second kappa shape index (κ2) is 6.14. The largest absolute Gasteiger partial charge is 0.405 e. The van der Waals surface area contributed by atoms with Crippen molar-refractivity contribution in [2.45, 2.75) is 20.3 Å². The lowest BCUT2D eigenvalue weighted by Gasteiger charge is -1.87. The van der Waals surface area contributed by atoms with Gasteiger partial charge in [0.1, 0.15) is 0 Å². The summed E-state index contributed by atoms with van der Waals surface area (Å²) in [7, 11) is 0. The van der Waals surface area contributed by atoms with Crippen LogP contribution in [-0.4, -0.2) is 0 Å². The highest BCUT2D eigenvalue weighted by Gasteiger charge is 1.76. The minimum atomic E-state index is 0.923. The predicted molar refractivity (Wildman–Crippen MR) is 46.5 cm³/mol. The highest BCUT2D eigenvalue weighted by molar-refractivity contribution is 5.16. The van der Waals surface area contributed by atoms with E-state index in [1.165, 1.54) is 5.57 Å². The molecular weight excluding hydrogens is 122 g/mol. The number of hydrogen-bond acceptors (Lipinski definition) is 1. The lowest BCUT2D eigenvalue weighted by molar-refractivity contribution is 1.31. The van der Waals surface area contributed by atoms with Crippen LogP contribution in [0.15, 0.2) is 36.1 Å². The standard InChI is InChI=1S/C9H15N/c1-3-6-9(2)7-4-5-8-10/h3,5-8H,4,10H2,1-2H3/b6-3-,8-5+,9-7?. The average Bonchev–Trinajstić information content (AvgIpc) is 1.89. The molecule has 0 aromatic carbocycles. The Labute approximate surface area is 62.9 Å². The van der Waals surface area contributed by atoms with Gasteiger partial charge in [-0.2, -0.15) is 0 Å². The van der Waals surface area contributed by atoms with Crippen LogP contribution in [0.4, 0.5) is 0 Å². The zero-order chi connectivity index (χ0) is 7.82. The summed E-state index contributed by atoms with van der Waals surface area (Å²) in [5.41, 5.74) is 6.44. The number of nitrogens with two attached hydrogens (primary N) is 1. The summed E-state index contributed by atoms with van der Waals surface area (Å²) in [6.45, 7) is 4.08. The van der Waals surface area contributed by atoms with E-state index in [1.807, 2.05) is 19.1 Å². The van der Waals surface area contributed by atoms with Gasteiger partial charge in [0.05, 0.1) is 0 Å². The maximum Gasteiger partial charge on any atom is -0.00999 e. The lowest BCUT2D eigenvalue weighted by atomic mass is 10.2. The fraction of sp³-hybridized carbons (Fsp3) is 0.333. The highest BCUT2D eigenvalue weighted by Crippen LogP contribution is 1.96. The molecule has 0 aromatic rings. The molecule has 0 aliphatic carbocycles. The zero-order valence-corrected chi connectivity index (χ0v) is 6.67. The van der Waals surface area contributed by atoms with E-state index < -0.39 is 0 Å². The van der Waals surface area contributed by atoms with Crippen molar-refractivity contribution in [3.05, 3.63) is 36.1 Å². The fourth-order valence-electron chi connectivity index (χ4n) is 0.663. The van der Waals surface area contributed by atoms with Gasteiger partial charge in [0.25, 0.3) is 0 Å². The van der Waals surface area contributed by atoms with E-state index in [4.69, 9.17) is 5.73 Å². The van der Waals surface area contributed by atoms with Gasteiger partial charge in [-0.1, -0.05) is 29.9 Å². The summed E-state index contributed by atoms with van der Waals surface area (Å²) in [5.74, 6) is 0. The van der Waals surface area contributed by atoms with Gasteiger partial charge in [-0.3, -0.25) is 0 Å². The van der Waals surface area contributed by atoms with Crippen molar-refractivity contribution in [3.63, 3.8) is 0 Å². The third kappa shape index (κ3) is 5.16. The van der Waals surface area contributed by atoms with E-state index in [2.05, 4.69) is 19.1 Å². The van der Waals surface area contributed by atoms with Crippen molar-refractivity contribution in [2.24, 2.45) is 5.73 Å². The molecule has 0 radical (unpaired) electrons. The number of allylic oxidation sites excluding steroid dienone is 5. The molecule has 0 aliphatic rings. The average molecular weight is 137 g/mol. The molecule has 1 heteroatoms. The van der Waals surface area contributed by atoms with Gasteiger partial charge in [0.2, 0.25) is 0 Å². The highest BCUT2D eigenvalue weighted by atomic mass is 14.5. The molecule has 10 heavy (non-hydrogen) atoms. The smallest absolute Gasteiger partial charge is 0.00999 e. The molecule has 2 N–H and O–H groups in total. The normalized spacial score (nSPS) is 13.6. The summed E-state index contributed by atoms with van der Waals surface area (Å²) < 4.78 is 0. The third-order valence-corrected chi connectivity index (χ3v) is 1.14. The van der Waals surface area contributed by atoms with E-state index in [-0.39, 0.29) is 0 Å². The van der Waals surface area contributed by atoms with Crippen molar-refractivity contribution < 1.29 is 0 Å². The molecule has 0 saturated carbocycles. The van der Waals surface area contributed by atoms with Crippen LogP contribution in [0.3, 0.4) is 0 Å². The molecule has 0 saturated heterocycles. The maximum absolute atomic E-state index is 5.16. The third-order valence-electron chi connectivity index (χ3n) is 1.14. The Morgan fingerprint density at radius 2 is 2.20 bits per heavy atom. The Balaban J connectivity index is 3.68. The first-order valence-electron chi connectivity index (χ1n) is 3.47. The summed E-state index contributed by atoms with van der Waals surface area (Å²) in [6.07, 6.45) is 10.6. The molecule has 0 amide bonds. The Hall–Kier alpha value is -0.980. The Kier molecular flexibility index (Phi) is 5.54. The fourth-order valence-corrected chi connectivity index (χ4v) is 0.663. The van der Waals surface area contributed by atoms with Crippen molar-refractivity contribution in [2.75, 3.05) is 0 Å². The summed E-state index contributed by atoms with van der Waals surface area (Å²) in [5, 5.41) is 0. The van der Waals surface area contributed by atoms with Gasteiger partial charge in [0.15, 0.2) is 0 Å². The van der Waals surface area contributed by atoms with Gasteiger partial charge in [-0.15, -0.1) is 0 Å². The van der Waals surface area contributed by atoms with Crippen LogP contribution in [0, 0.1) is 0 Å². The Morgan fingerprint density at radius 1 is 1.50 bits per heavy atom. The summed E-state index contributed by atoms with van der Waals surface area (Å²) >= 11 is 0. The molecule has 56 valence electrons. The quantitative estimate of drug-likeness (QED) is 0.594. The molecule has 0 fully saturated rings. The molecule has 0 unspecified atom stereocenters. The van der Waals surface area contributed by atoms with Gasteiger partial charge in [0, 0.05) is 0 Å². The molecule has 1 nitrogen and oxygen atoms in total. The minimum absolute atomic E-state index is 0.923. The molecule has 0 spiro atoms. The van der Waals surface area contributed by atoms with Crippen LogP contribution in [0.2, 0.25) is 0 Å². The monoisotopic (exact) mass is 137 g/mol. The van der Waals surface area contributed by atoms with Crippen LogP contribution >= 0.6 is 0 Å². The molecule has 0 bridgehead atoms. The van der Waals surface area contributed by atoms with Crippen LogP contribution < -0.4 is 5.73 Å². The molecule has 0 heterocycles. The lowest BCUT2D eigenvalue weighted by Crippen LogP contribution is -1.74. The molecule has 0 aliphatic heterocycles. The van der Waals surface area contributed by atoms with Gasteiger partial charge in [-0.25, -0.2) is 0 Å². The van der Waals surface area contributed by atoms with Crippen LogP contribution in [0.5, 0.6) is 0 Å². The molecule has 0 atom stereocenters. The minimum Gasteiger partial charge on any atom is -0.405 e. The van der Waals surface area contributed by atoms with E-state index in [1.54, 1.807) is 6.20 Å². The SMILES string of the molecule is C/C=C\C(C)=CC/C=C/N. The van der Waals surface area contributed by atoms with E-state index in [9.17, 15) is 0 Å². The first-order valence-corrected chi connectivity index (χ1v) is 3.47. The van der Waals surface area contributed by atoms with Crippen molar-refractivity contribution in [1.29, 1.82) is 0 Å². The molecular formula is C9H15N. The first kappa shape index (κ1) is 9.02. The van der Waals surface area contributed by atoms with Crippen LogP contribution in [-0.2, 0) is 0 Å². The Bertz CT molecular complexity index is 152. The number of hydrogen-bond donors (Lipinski definition) is 1. The van der Waals surface area contributed by atoms with Gasteiger partial charge < -0.3 is 5.73 Å². The maximum atomic E-state index is 5.16. The second-order valence-electron chi connectivity index (χ2n) is 2.11. The first-order chi connectivity index (χ1) is 4.81. The second-order valence-corrected chi connectivity index (χ2v) is 2.11.